The second-order valence-electron chi connectivity index (χ2n) is 5.89. The lowest BCUT2D eigenvalue weighted by atomic mass is 10.0. The van der Waals surface area contributed by atoms with Crippen LogP contribution in [0.1, 0.15) is 23.7 Å². The van der Waals surface area contributed by atoms with Crippen LogP contribution in [0.2, 0.25) is 0 Å². The molecule has 0 bridgehead atoms. The summed E-state index contributed by atoms with van der Waals surface area (Å²) in [6.45, 7) is 2.39. The summed E-state index contributed by atoms with van der Waals surface area (Å²) < 4.78 is 31.7. The van der Waals surface area contributed by atoms with Gasteiger partial charge < -0.3 is 14.7 Å². The van der Waals surface area contributed by atoms with E-state index in [2.05, 4.69) is 4.72 Å². The first-order valence-corrected chi connectivity index (χ1v) is 9.38. The fourth-order valence-electron chi connectivity index (χ4n) is 2.88. The standard InChI is InChI=1S/C16H22N2O6S/c1-11-14(16(20)21)6-8-18(11)15(19)12-4-3-5-13(10-12)25(22,23)17-7-9-24-2/h3-5,10-11,14,17H,6-9H2,1-2H3,(H,20,21). The highest BCUT2D eigenvalue weighted by atomic mass is 32.2. The number of ether oxygens (including phenoxy) is 1. The molecule has 2 unspecified atom stereocenters. The zero-order valence-corrected chi connectivity index (χ0v) is 15.0. The van der Waals surface area contributed by atoms with E-state index < -0.39 is 28.0 Å². The number of rotatable bonds is 7. The van der Waals surface area contributed by atoms with Gasteiger partial charge in [0.1, 0.15) is 0 Å². The van der Waals surface area contributed by atoms with Crippen LogP contribution in [0, 0.1) is 5.92 Å². The van der Waals surface area contributed by atoms with Crippen LogP contribution in [0.4, 0.5) is 0 Å². The third-order valence-corrected chi connectivity index (χ3v) is 5.78. The molecule has 0 aliphatic carbocycles. The van der Waals surface area contributed by atoms with Gasteiger partial charge in [-0.25, -0.2) is 13.1 Å². The van der Waals surface area contributed by atoms with Crippen molar-refractivity contribution in [1.82, 2.24) is 9.62 Å². The molecule has 1 aromatic carbocycles. The summed E-state index contributed by atoms with van der Waals surface area (Å²) in [6, 6.07) is 5.28. The lowest BCUT2D eigenvalue weighted by Gasteiger charge is -2.23. The van der Waals surface area contributed by atoms with Crippen LogP contribution >= 0.6 is 0 Å². The van der Waals surface area contributed by atoms with E-state index in [4.69, 9.17) is 4.74 Å². The van der Waals surface area contributed by atoms with E-state index in [1.807, 2.05) is 0 Å². The smallest absolute Gasteiger partial charge is 0.308 e. The van der Waals surface area contributed by atoms with Gasteiger partial charge in [0, 0.05) is 31.8 Å². The molecular formula is C16H22N2O6S. The summed E-state index contributed by atoms with van der Waals surface area (Å²) in [4.78, 5) is 25.3. The maximum atomic E-state index is 12.7. The summed E-state index contributed by atoms with van der Waals surface area (Å²) in [5, 5.41) is 9.17. The summed E-state index contributed by atoms with van der Waals surface area (Å²) in [5.41, 5.74) is 0.215. The van der Waals surface area contributed by atoms with Crippen molar-refractivity contribution in [2.24, 2.45) is 5.92 Å². The SMILES string of the molecule is COCCNS(=O)(=O)c1cccc(C(=O)N2CCC(C(=O)O)C2C)c1. The first kappa shape index (κ1) is 19.4. The van der Waals surface area contributed by atoms with E-state index in [9.17, 15) is 23.1 Å². The molecule has 1 amide bonds. The van der Waals surface area contributed by atoms with Crippen LogP contribution in [0.15, 0.2) is 29.2 Å². The molecule has 2 N–H and O–H groups in total. The lowest BCUT2D eigenvalue weighted by molar-refractivity contribution is -0.142. The second kappa shape index (κ2) is 7.94. The molecule has 9 heteroatoms. The van der Waals surface area contributed by atoms with Crippen LogP contribution < -0.4 is 4.72 Å². The molecule has 138 valence electrons. The van der Waals surface area contributed by atoms with Gasteiger partial charge in [-0.15, -0.1) is 0 Å². The van der Waals surface area contributed by atoms with Gasteiger partial charge in [-0.3, -0.25) is 9.59 Å². The topological polar surface area (TPSA) is 113 Å². The molecule has 8 nitrogen and oxygen atoms in total. The van der Waals surface area contributed by atoms with Crippen LogP contribution in [-0.2, 0) is 19.6 Å². The van der Waals surface area contributed by atoms with Gasteiger partial charge in [-0.05, 0) is 31.5 Å². The Morgan fingerprint density at radius 2 is 2.12 bits per heavy atom. The zero-order chi connectivity index (χ0) is 18.6. The molecule has 0 spiro atoms. The lowest BCUT2D eigenvalue weighted by Crippen LogP contribution is -2.37. The van der Waals surface area contributed by atoms with Gasteiger partial charge in [-0.1, -0.05) is 6.07 Å². The van der Waals surface area contributed by atoms with Crippen LogP contribution in [0.5, 0.6) is 0 Å². The van der Waals surface area contributed by atoms with Gasteiger partial charge in [0.15, 0.2) is 0 Å². The fraction of sp³-hybridized carbons (Fsp3) is 0.500. The molecule has 1 aliphatic rings. The Labute approximate surface area is 146 Å². The van der Waals surface area contributed by atoms with Crippen LogP contribution in [0.25, 0.3) is 0 Å². The number of carboxylic acids is 1. The first-order chi connectivity index (χ1) is 11.8. The van der Waals surface area contributed by atoms with Crippen molar-refractivity contribution >= 4 is 21.9 Å². The van der Waals surface area contributed by atoms with E-state index in [1.165, 1.54) is 36.3 Å². The van der Waals surface area contributed by atoms with Gasteiger partial charge in [0.05, 0.1) is 17.4 Å². The predicted molar refractivity (Wildman–Crippen MR) is 89.7 cm³/mol. The molecule has 2 rings (SSSR count). The van der Waals surface area contributed by atoms with Crippen molar-refractivity contribution < 1.29 is 27.9 Å². The highest BCUT2D eigenvalue weighted by Crippen LogP contribution is 2.26. The molecule has 1 aromatic rings. The maximum Gasteiger partial charge on any atom is 0.308 e. The summed E-state index contributed by atoms with van der Waals surface area (Å²) in [5.74, 6) is -1.90. The van der Waals surface area contributed by atoms with Gasteiger partial charge >= 0.3 is 5.97 Å². The quantitative estimate of drug-likeness (QED) is 0.678. The number of amides is 1. The normalized spacial score (nSPS) is 20.6. The van der Waals surface area contributed by atoms with Gasteiger partial charge in [0.2, 0.25) is 10.0 Å². The van der Waals surface area contributed by atoms with Crippen molar-refractivity contribution in [2.75, 3.05) is 26.8 Å². The predicted octanol–water partition coefficient (Wildman–Crippen LogP) is 0.547. The number of likely N-dealkylation sites (tertiary alicyclic amines) is 1. The number of nitrogens with one attached hydrogen (secondary N) is 1. The largest absolute Gasteiger partial charge is 0.481 e. The van der Waals surface area contributed by atoms with Crippen molar-refractivity contribution in [1.29, 1.82) is 0 Å². The third-order valence-electron chi connectivity index (χ3n) is 4.32. The van der Waals surface area contributed by atoms with E-state index in [-0.39, 0.29) is 29.5 Å². The number of sulfonamides is 1. The molecule has 1 aliphatic heterocycles. The number of aliphatic carboxylic acids is 1. The van der Waals surface area contributed by atoms with Gasteiger partial charge in [0.25, 0.3) is 5.91 Å². The number of hydrogen-bond donors (Lipinski definition) is 2. The van der Waals surface area contributed by atoms with Crippen molar-refractivity contribution in [3.8, 4) is 0 Å². The number of carbonyl (C=O) groups excluding carboxylic acids is 1. The van der Waals surface area contributed by atoms with Crippen molar-refractivity contribution in [2.45, 2.75) is 24.3 Å². The molecule has 1 fully saturated rings. The van der Waals surface area contributed by atoms with Crippen LogP contribution in [0.3, 0.4) is 0 Å². The Morgan fingerprint density at radius 3 is 2.72 bits per heavy atom. The van der Waals surface area contributed by atoms with Gasteiger partial charge in [-0.2, -0.15) is 0 Å². The maximum absolute atomic E-state index is 12.7. The average molecular weight is 370 g/mol. The Bertz CT molecular complexity index is 749. The minimum Gasteiger partial charge on any atom is -0.481 e. The Morgan fingerprint density at radius 1 is 1.40 bits per heavy atom. The summed E-state index contributed by atoms with van der Waals surface area (Å²) in [7, 11) is -2.28. The van der Waals surface area contributed by atoms with Crippen LogP contribution in [-0.4, -0.2) is 63.1 Å². The molecule has 1 heterocycles. The number of carboxylic acid groups (broad SMARTS) is 1. The molecule has 0 aromatic heterocycles. The Kier molecular flexibility index (Phi) is 6.15. The fourth-order valence-corrected chi connectivity index (χ4v) is 3.94. The third kappa shape index (κ3) is 4.36. The number of benzene rings is 1. The summed E-state index contributed by atoms with van der Waals surface area (Å²) in [6.07, 6.45) is 0.388. The first-order valence-electron chi connectivity index (χ1n) is 7.90. The van der Waals surface area contributed by atoms with E-state index in [0.29, 0.717) is 13.0 Å². The molecule has 2 atom stereocenters. The molecule has 25 heavy (non-hydrogen) atoms. The molecule has 0 radical (unpaired) electrons. The number of methoxy groups -OCH3 is 1. The number of nitrogens with zero attached hydrogens (tertiary/aromatic N) is 1. The minimum atomic E-state index is -3.74. The minimum absolute atomic E-state index is 0.0175. The van der Waals surface area contributed by atoms with E-state index >= 15 is 0 Å². The van der Waals surface area contributed by atoms with Crippen molar-refractivity contribution in [3.05, 3.63) is 29.8 Å². The highest BCUT2D eigenvalue weighted by Gasteiger charge is 2.38. The van der Waals surface area contributed by atoms with E-state index in [0.717, 1.165) is 0 Å². The molecular weight excluding hydrogens is 348 g/mol. The molecule has 0 saturated carbocycles. The monoisotopic (exact) mass is 370 g/mol. The highest BCUT2D eigenvalue weighted by molar-refractivity contribution is 7.89. The molecule has 1 saturated heterocycles. The number of hydrogen-bond acceptors (Lipinski definition) is 5. The summed E-state index contributed by atoms with van der Waals surface area (Å²) >= 11 is 0. The number of carbonyl (C=O) groups is 2. The zero-order valence-electron chi connectivity index (χ0n) is 14.1. The second-order valence-corrected chi connectivity index (χ2v) is 7.66. The Hall–Kier alpha value is -1.97. The average Bonchev–Trinajstić information content (AvgIpc) is 2.96. The Balaban J connectivity index is 2.18. The van der Waals surface area contributed by atoms with E-state index in [1.54, 1.807) is 6.92 Å². The van der Waals surface area contributed by atoms with Crippen molar-refractivity contribution in [3.63, 3.8) is 0 Å².